The quantitative estimate of drug-likeness (QED) is 0.686. The minimum absolute atomic E-state index is 0.0412. The minimum atomic E-state index is -0.883. The number of benzene rings is 1. The first-order valence-corrected chi connectivity index (χ1v) is 6.33. The number of nitrogens with two attached hydrogens (primary N) is 1. The van der Waals surface area contributed by atoms with E-state index in [0.29, 0.717) is 6.54 Å². The molecule has 0 aliphatic rings. The highest BCUT2D eigenvalue weighted by Gasteiger charge is 2.09. The number of hydrogen-bond acceptors (Lipinski definition) is 3. The molecule has 5 heteroatoms. The second-order valence-electron chi connectivity index (χ2n) is 4.49. The van der Waals surface area contributed by atoms with Crippen LogP contribution in [0.1, 0.15) is 30.9 Å². The largest absolute Gasteiger partial charge is 0.481 e. The summed E-state index contributed by atoms with van der Waals surface area (Å²) in [6.45, 7) is 2.26. The summed E-state index contributed by atoms with van der Waals surface area (Å²) < 4.78 is 0. The Morgan fingerprint density at radius 3 is 2.53 bits per heavy atom. The van der Waals surface area contributed by atoms with Crippen molar-refractivity contribution in [1.29, 1.82) is 0 Å². The average molecular weight is 264 g/mol. The average Bonchev–Trinajstić information content (AvgIpc) is 2.37. The molecule has 0 aliphatic heterocycles. The molecule has 1 aromatic rings. The number of rotatable bonds is 7. The van der Waals surface area contributed by atoms with E-state index in [1.807, 2.05) is 19.1 Å². The highest BCUT2D eigenvalue weighted by atomic mass is 16.4. The molecule has 5 nitrogen and oxygen atoms in total. The number of nitrogens with one attached hydrogen (secondary N) is 1. The van der Waals surface area contributed by atoms with Crippen LogP contribution >= 0.6 is 0 Å². The van der Waals surface area contributed by atoms with E-state index in [9.17, 15) is 9.59 Å². The summed E-state index contributed by atoms with van der Waals surface area (Å²) in [6, 6.07) is 7.06. The van der Waals surface area contributed by atoms with Gasteiger partial charge < -0.3 is 16.2 Å². The third kappa shape index (κ3) is 5.52. The maximum atomic E-state index is 11.6. The zero-order valence-corrected chi connectivity index (χ0v) is 11.1. The second kappa shape index (κ2) is 7.53. The van der Waals surface area contributed by atoms with Gasteiger partial charge in [-0.2, -0.15) is 0 Å². The van der Waals surface area contributed by atoms with Gasteiger partial charge in [-0.1, -0.05) is 31.2 Å². The molecule has 0 spiro atoms. The molecule has 0 fully saturated rings. The van der Waals surface area contributed by atoms with Crippen molar-refractivity contribution in [1.82, 2.24) is 5.32 Å². The summed E-state index contributed by atoms with van der Waals surface area (Å²) in [5.74, 6) is -0.994. The van der Waals surface area contributed by atoms with E-state index in [1.165, 1.54) is 0 Å². The maximum absolute atomic E-state index is 11.6. The van der Waals surface area contributed by atoms with Crippen LogP contribution in [0.3, 0.4) is 0 Å². The van der Waals surface area contributed by atoms with Gasteiger partial charge in [0, 0.05) is 19.0 Å². The smallest absolute Gasteiger partial charge is 0.307 e. The van der Waals surface area contributed by atoms with Crippen molar-refractivity contribution in [2.24, 2.45) is 5.73 Å². The summed E-state index contributed by atoms with van der Waals surface area (Å²) in [5.41, 5.74) is 7.24. The molecule has 1 unspecified atom stereocenters. The molecule has 104 valence electrons. The number of aliphatic carboxylic acids is 1. The number of carboxylic acid groups (broad SMARTS) is 1. The first kappa shape index (κ1) is 15.2. The van der Waals surface area contributed by atoms with E-state index in [-0.39, 0.29) is 24.8 Å². The third-order valence-corrected chi connectivity index (χ3v) is 2.91. The number of hydrogen-bond donors (Lipinski definition) is 3. The van der Waals surface area contributed by atoms with Gasteiger partial charge in [0.25, 0.3) is 0 Å². The lowest BCUT2D eigenvalue weighted by atomic mass is 10.0. The molecule has 1 atom stereocenters. The van der Waals surface area contributed by atoms with Gasteiger partial charge in [-0.15, -0.1) is 0 Å². The standard InChI is InChI=1S/C14H20N2O3/c1-2-12(15)8-13(17)16-9-11-6-4-3-5-10(11)7-14(18)19/h3-6,12H,2,7-9,15H2,1H3,(H,16,17)(H,18,19). The summed E-state index contributed by atoms with van der Waals surface area (Å²) in [5, 5.41) is 11.6. The Bertz CT molecular complexity index is 446. The number of carbonyl (C=O) groups excluding carboxylic acids is 1. The van der Waals surface area contributed by atoms with Gasteiger partial charge in [0.2, 0.25) is 5.91 Å². The summed E-state index contributed by atoms with van der Waals surface area (Å²) in [7, 11) is 0. The van der Waals surface area contributed by atoms with Crippen molar-refractivity contribution >= 4 is 11.9 Å². The van der Waals surface area contributed by atoms with Crippen molar-refractivity contribution < 1.29 is 14.7 Å². The normalized spacial score (nSPS) is 11.9. The van der Waals surface area contributed by atoms with Crippen molar-refractivity contribution in [2.45, 2.75) is 38.8 Å². The van der Waals surface area contributed by atoms with Crippen LogP contribution in [0.25, 0.3) is 0 Å². The molecule has 0 aliphatic carbocycles. The molecule has 0 saturated heterocycles. The Morgan fingerprint density at radius 2 is 1.95 bits per heavy atom. The fraction of sp³-hybridized carbons (Fsp3) is 0.429. The Balaban J connectivity index is 2.57. The van der Waals surface area contributed by atoms with Crippen LogP contribution < -0.4 is 11.1 Å². The van der Waals surface area contributed by atoms with Crippen LogP contribution in [0.15, 0.2) is 24.3 Å². The van der Waals surface area contributed by atoms with E-state index in [1.54, 1.807) is 12.1 Å². The summed E-state index contributed by atoms with van der Waals surface area (Å²) >= 11 is 0. The molecular weight excluding hydrogens is 244 g/mol. The predicted molar refractivity (Wildman–Crippen MR) is 72.5 cm³/mol. The maximum Gasteiger partial charge on any atom is 0.307 e. The topological polar surface area (TPSA) is 92.4 Å². The second-order valence-corrected chi connectivity index (χ2v) is 4.49. The van der Waals surface area contributed by atoms with Crippen LogP contribution in [-0.2, 0) is 22.6 Å². The van der Waals surface area contributed by atoms with Gasteiger partial charge in [-0.25, -0.2) is 0 Å². The van der Waals surface area contributed by atoms with Crippen LogP contribution in [-0.4, -0.2) is 23.0 Å². The van der Waals surface area contributed by atoms with Crippen molar-refractivity contribution in [3.8, 4) is 0 Å². The highest BCUT2D eigenvalue weighted by Crippen LogP contribution is 2.09. The highest BCUT2D eigenvalue weighted by molar-refractivity contribution is 5.76. The van der Waals surface area contributed by atoms with Crippen molar-refractivity contribution in [3.63, 3.8) is 0 Å². The Labute approximate surface area is 112 Å². The van der Waals surface area contributed by atoms with Crippen LogP contribution in [0.5, 0.6) is 0 Å². The molecule has 1 aromatic carbocycles. The first-order chi connectivity index (χ1) is 9.02. The molecule has 19 heavy (non-hydrogen) atoms. The van der Waals surface area contributed by atoms with Gasteiger partial charge in [0.15, 0.2) is 0 Å². The third-order valence-electron chi connectivity index (χ3n) is 2.91. The minimum Gasteiger partial charge on any atom is -0.481 e. The van der Waals surface area contributed by atoms with Crippen molar-refractivity contribution in [3.05, 3.63) is 35.4 Å². The van der Waals surface area contributed by atoms with Crippen LogP contribution in [0.4, 0.5) is 0 Å². The molecule has 1 rings (SSSR count). The zero-order chi connectivity index (χ0) is 14.3. The van der Waals surface area contributed by atoms with E-state index < -0.39 is 5.97 Å². The molecule has 0 saturated carbocycles. The summed E-state index contributed by atoms with van der Waals surface area (Å²) in [6.07, 6.45) is 1.00. The fourth-order valence-electron chi connectivity index (χ4n) is 1.71. The number of carbonyl (C=O) groups is 2. The lowest BCUT2D eigenvalue weighted by molar-refractivity contribution is -0.136. The SMILES string of the molecule is CCC(N)CC(=O)NCc1ccccc1CC(=O)O. The van der Waals surface area contributed by atoms with Crippen LogP contribution in [0, 0.1) is 0 Å². The Kier molecular flexibility index (Phi) is 6.02. The molecular formula is C14H20N2O3. The Morgan fingerprint density at radius 1 is 1.32 bits per heavy atom. The van der Waals surface area contributed by atoms with Gasteiger partial charge in [0.1, 0.15) is 0 Å². The van der Waals surface area contributed by atoms with E-state index in [2.05, 4.69) is 5.32 Å². The lowest BCUT2D eigenvalue weighted by Crippen LogP contribution is -2.31. The number of amides is 1. The molecule has 0 bridgehead atoms. The zero-order valence-electron chi connectivity index (χ0n) is 11.1. The predicted octanol–water partition coefficient (Wildman–Crippen LogP) is 1.06. The molecule has 1 amide bonds. The van der Waals surface area contributed by atoms with E-state index >= 15 is 0 Å². The van der Waals surface area contributed by atoms with Gasteiger partial charge in [-0.3, -0.25) is 9.59 Å². The van der Waals surface area contributed by atoms with Gasteiger partial charge >= 0.3 is 5.97 Å². The number of carboxylic acids is 1. The molecule has 0 radical (unpaired) electrons. The lowest BCUT2D eigenvalue weighted by Gasteiger charge is -2.11. The molecule has 0 aromatic heterocycles. The molecule has 4 N–H and O–H groups in total. The van der Waals surface area contributed by atoms with E-state index in [0.717, 1.165) is 17.5 Å². The van der Waals surface area contributed by atoms with Gasteiger partial charge in [0.05, 0.1) is 6.42 Å². The fourth-order valence-corrected chi connectivity index (χ4v) is 1.71. The Hall–Kier alpha value is -1.88. The van der Waals surface area contributed by atoms with Crippen LogP contribution in [0.2, 0.25) is 0 Å². The van der Waals surface area contributed by atoms with Crippen molar-refractivity contribution in [2.75, 3.05) is 0 Å². The first-order valence-electron chi connectivity index (χ1n) is 6.33. The van der Waals surface area contributed by atoms with E-state index in [4.69, 9.17) is 10.8 Å². The van der Waals surface area contributed by atoms with Gasteiger partial charge in [-0.05, 0) is 17.5 Å². The molecule has 0 heterocycles. The summed E-state index contributed by atoms with van der Waals surface area (Å²) in [4.78, 5) is 22.4. The monoisotopic (exact) mass is 264 g/mol.